The Balaban J connectivity index is 0.00000261. The standard InChI is InChI=1S/C20H22N2O4.ClH/c1-12-19(13-6-8-15(9-7-13)22(2)3)26-20(21-12)14-10-16(24-4)18(23)17(11-14)25-5;/h6-11,23H,1-5H3;1H. The number of oxazole rings is 1. The Hall–Kier alpha value is -2.86. The van der Waals surface area contributed by atoms with Gasteiger partial charge in [-0.1, -0.05) is 0 Å². The van der Waals surface area contributed by atoms with E-state index in [0.717, 1.165) is 16.9 Å². The lowest BCUT2D eigenvalue weighted by Gasteiger charge is -2.12. The average Bonchev–Trinajstić information content (AvgIpc) is 3.03. The molecule has 0 saturated carbocycles. The van der Waals surface area contributed by atoms with Crippen LogP contribution in [0.1, 0.15) is 5.69 Å². The number of phenols is 1. The molecule has 0 aliphatic rings. The molecule has 0 bridgehead atoms. The van der Waals surface area contributed by atoms with E-state index in [1.165, 1.54) is 14.2 Å². The smallest absolute Gasteiger partial charge is 0.227 e. The summed E-state index contributed by atoms with van der Waals surface area (Å²) >= 11 is 0. The third kappa shape index (κ3) is 3.95. The van der Waals surface area contributed by atoms with Crippen molar-refractivity contribution >= 4 is 18.1 Å². The number of hydrogen-bond donors (Lipinski definition) is 1. The van der Waals surface area contributed by atoms with Crippen LogP contribution in [-0.4, -0.2) is 38.4 Å². The van der Waals surface area contributed by atoms with Gasteiger partial charge in [-0.25, -0.2) is 4.98 Å². The van der Waals surface area contributed by atoms with E-state index < -0.39 is 0 Å². The number of aromatic hydroxyl groups is 1. The van der Waals surface area contributed by atoms with Gasteiger partial charge in [0, 0.05) is 30.9 Å². The zero-order valence-electron chi connectivity index (χ0n) is 15.9. The zero-order valence-corrected chi connectivity index (χ0v) is 16.8. The predicted octanol–water partition coefficient (Wildman–Crippen LogP) is 4.53. The number of aryl methyl sites for hydroxylation is 1. The van der Waals surface area contributed by atoms with Gasteiger partial charge in [-0.2, -0.15) is 0 Å². The largest absolute Gasteiger partial charge is 0.502 e. The van der Waals surface area contributed by atoms with Crippen molar-refractivity contribution in [1.82, 2.24) is 4.98 Å². The molecule has 0 aliphatic heterocycles. The van der Waals surface area contributed by atoms with Crippen LogP contribution in [0, 0.1) is 6.92 Å². The maximum atomic E-state index is 10.1. The minimum Gasteiger partial charge on any atom is -0.502 e. The van der Waals surface area contributed by atoms with Crippen LogP contribution >= 0.6 is 12.4 Å². The molecule has 0 aliphatic carbocycles. The number of benzene rings is 2. The van der Waals surface area contributed by atoms with Crippen molar-refractivity contribution in [2.24, 2.45) is 0 Å². The monoisotopic (exact) mass is 390 g/mol. The first kappa shape index (κ1) is 20.5. The summed E-state index contributed by atoms with van der Waals surface area (Å²) in [7, 11) is 6.96. The Kier molecular flexibility index (Phi) is 6.23. The van der Waals surface area contributed by atoms with Crippen molar-refractivity contribution in [3.63, 3.8) is 0 Å². The fourth-order valence-electron chi connectivity index (χ4n) is 2.72. The Morgan fingerprint density at radius 1 is 0.963 bits per heavy atom. The number of aromatic nitrogens is 1. The van der Waals surface area contributed by atoms with Crippen molar-refractivity contribution < 1.29 is 19.0 Å². The highest BCUT2D eigenvalue weighted by molar-refractivity contribution is 5.85. The lowest BCUT2D eigenvalue weighted by atomic mass is 10.1. The fraction of sp³-hybridized carbons (Fsp3) is 0.250. The van der Waals surface area contributed by atoms with E-state index in [1.807, 2.05) is 50.2 Å². The molecule has 0 atom stereocenters. The van der Waals surface area contributed by atoms with E-state index in [2.05, 4.69) is 4.98 Å². The summed E-state index contributed by atoms with van der Waals surface area (Å²) in [5.41, 5.74) is 3.50. The fourth-order valence-corrected chi connectivity index (χ4v) is 2.72. The van der Waals surface area contributed by atoms with E-state index >= 15 is 0 Å². The Morgan fingerprint density at radius 2 is 1.52 bits per heavy atom. The molecule has 2 aromatic carbocycles. The third-order valence-corrected chi connectivity index (χ3v) is 4.17. The Bertz CT molecular complexity index is 895. The molecule has 3 aromatic rings. The minimum absolute atomic E-state index is 0. The van der Waals surface area contributed by atoms with Crippen molar-refractivity contribution in [1.29, 1.82) is 0 Å². The second-order valence-corrected chi connectivity index (χ2v) is 6.10. The number of halogens is 1. The van der Waals surface area contributed by atoms with Gasteiger partial charge in [-0.3, -0.25) is 0 Å². The number of phenolic OH excluding ortho intramolecular Hbond substituents is 1. The molecular weight excluding hydrogens is 368 g/mol. The Morgan fingerprint density at radius 3 is 2.00 bits per heavy atom. The molecule has 0 amide bonds. The van der Waals surface area contributed by atoms with Crippen molar-refractivity contribution in [3.05, 3.63) is 42.1 Å². The van der Waals surface area contributed by atoms with E-state index in [4.69, 9.17) is 13.9 Å². The molecule has 1 N–H and O–H groups in total. The van der Waals surface area contributed by atoms with Gasteiger partial charge in [0.2, 0.25) is 11.6 Å². The van der Waals surface area contributed by atoms with E-state index in [-0.39, 0.29) is 18.2 Å². The highest BCUT2D eigenvalue weighted by Gasteiger charge is 2.18. The number of hydrogen-bond acceptors (Lipinski definition) is 6. The topological polar surface area (TPSA) is 68.0 Å². The molecule has 0 fully saturated rings. The number of methoxy groups -OCH3 is 2. The van der Waals surface area contributed by atoms with Crippen LogP contribution in [0.5, 0.6) is 17.2 Å². The first-order valence-corrected chi connectivity index (χ1v) is 8.15. The predicted molar refractivity (Wildman–Crippen MR) is 108 cm³/mol. The summed E-state index contributed by atoms with van der Waals surface area (Å²) < 4.78 is 16.4. The SMILES string of the molecule is COc1cc(-c2nc(C)c(-c3ccc(N(C)C)cc3)o2)cc(OC)c1O.Cl. The summed E-state index contributed by atoms with van der Waals surface area (Å²) in [6, 6.07) is 11.4. The third-order valence-electron chi connectivity index (χ3n) is 4.17. The zero-order chi connectivity index (χ0) is 18.8. The molecule has 3 rings (SSSR count). The number of anilines is 1. The van der Waals surface area contributed by atoms with Gasteiger partial charge in [0.05, 0.1) is 19.9 Å². The molecule has 6 nitrogen and oxygen atoms in total. The van der Waals surface area contributed by atoms with Crippen LogP contribution in [-0.2, 0) is 0 Å². The molecule has 0 spiro atoms. The summed E-state index contributed by atoms with van der Waals surface area (Å²) in [6.07, 6.45) is 0. The summed E-state index contributed by atoms with van der Waals surface area (Å²) in [5.74, 6) is 1.68. The summed E-state index contributed by atoms with van der Waals surface area (Å²) in [6.45, 7) is 1.90. The minimum atomic E-state index is -0.0541. The molecule has 0 saturated heterocycles. The molecule has 1 aromatic heterocycles. The first-order chi connectivity index (χ1) is 12.4. The van der Waals surface area contributed by atoms with E-state index in [1.54, 1.807) is 12.1 Å². The van der Waals surface area contributed by atoms with Gasteiger partial charge >= 0.3 is 0 Å². The molecule has 27 heavy (non-hydrogen) atoms. The average molecular weight is 391 g/mol. The maximum absolute atomic E-state index is 10.1. The first-order valence-electron chi connectivity index (χ1n) is 8.15. The summed E-state index contributed by atoms with van der Waals surface area (Å²) in [5, 5.41) is 10.1. The molecule has 144 valence electrons. The molecule has 0 radical (unpaired) electrons. The van der Waals surface area contributed by atoms with Gasteiger partial charge in [0.1, 0.15) is 0 Å². The Labute approximate surface area is 164 Å². The molecule has 1 heterocycles. The highest BCUT2D eigenvalue weighted by Crippen LogP contribution is 2.41. The van der Waals surface area contributed by atoms with Gasteiger partial charge in [-0.15, -0.1) is 12.4 Å². The van der Waals surface area contributed by atoms with E-state index in [0.29, 0.717) is 28.7 Å². The van der Waals surface area contributed by atoms with Crippen LogP contribution in [0.15, 0.2) is 40.8 Å². The van der Waals surface area contributed by atoms with E-state index in [9.17, 15) is 5.11 Å². The van der Waals surface area contributed by atoms with Crippen LogP contribution < -0.4 is 14.4 Å². The molecular formula is C20H23ClN2O4. The number of nitrogens with zero attached hydrogens (tertiary/aromatic N) is 2. The van der Waals surface area contributed by atoms with Gasteiger partial charge in [0.25, 0.3) is 0 Å². The van der Waals surface area contributed by atoms with Crippen LogP contribution in [0.3, 0.4) is 0 Å². The van der Waals surface area contributed by atoms with Gasteiger partial charge in [-0.05, 0) is 43.3 Å². The second-order valence-electron chi connectivity index (χ2n) is 6.10. The summed E-state index contributed by atoms with van der Waals surface area (Å²) in [4.78, 5) is 6.56. The lowest BCUT2D eigenvalue weighted by molar-refractivity contribution is 0.340. The van der Waals surface area contributed by atoms with Crippen molar-refractivity contribution in [2.45, 2.75) is 6.92 Å². The quantitative estimate of drug-likeness (QED) is 0.690. The van der Waals surface area contributed by atoms with Gasteiger partial charge < -0.3 is 23.9 Å². The molecule has 0 unspecified atom stereocenters. The second kappa shape index (κ2) is 8.22. The highest BCUT2D eigenvalue weighted by atomic mass is 35.5. The number of ether oxygens (including phenoxy) is 2. The normalized spacial score (nSPS) is 10.3. The van der Waals surface area contributed by atoms with Crippen molar-refractivity contribution in [2.75, 3.05) is 33.2 Å². The van der Waals surface area contributed by atoms with Crippen LogP contribution in [0.25, 0.3) is 22.8 Å². The number of rotatable bonds is 5. The lowest BCUT2D eigenvalue weighted by Crippen LogP contribution is -2.07. The molecule has 7 heteroatoms. The maximum Gasteiger partial charge on any atom is 0.227 e. The van der Waals surface area contributed by atoms with Gasteiger partial charge in [0.15, 0.2) is 17.3 Å². The van der Waals surface area contributed by atoms with Crippen LogP contribution in [0.2, 0.25) is 0 Å². The van der Waals surface area contributed by atoms with Crippen LogP contribution in [0.4, 0.5) is 5.69 Å². The van der Waals surface area contributed by atoms with Crippen molar-refractivity contribution in [3.8, 4) is 40.0 Å².